The lowest BCUT2D eigenvalue weighted by molar-refractivity contribution is -0.121. The van der Waals surface area contributed by atoms with Gasteiger partial charge in [-0.05, 0) is 6.92 Å². The molecule has 1 N–H and O–H groups in total. The second-order valence-corrected chi connectivity index (χ2v) is 7.12. The smallest absolute Gasteiger partial charge is 0.221 e. The lowest BCUT2D eigenvalue weighted by Gasteiger charge is -2.13. The molecule has 0 spiro atoms. The van der Waals surface area contributed by atoms with Crippen LogP contribution in [-0.4, -0.2) is 43.5 Å². The highest BCUT2D eigenvalue weighted by atomic mass is 32.2. The molecule has 0 aromatic carbocycles. The fourth-order valence-electron chi connectivity index (χ4n) is 1.19. The topological polar surface area (TPSA) is 79.4 Å². The highest BCUT2D eigenvalue weighted by molar-refractivity contribution is 7.88. The van der Waals surface area contributed by atoms with Gasteiger partial charge in [0.2, 0.25) is 15.9 Å². The van der Waals surface area contributed by atoms with Gasteiger partial charge in [-0.1, -0.05) is 0 Å². The number of hydrogen-bond donors (Lipinski definition) is 1. The average Bonchev–Trinajstić information content (AvgIpc) is 2.67. The van der Waals surface area contributed by atoms with E-state index in [-0.39, 0.29) is 18.9 Å². The van der Waals surface area contributed by atoms with Crippen LogP contribution in [0.15, 0.2) is 5.38 Å². The van der Waals surface area contributed by atoms with Crippen LogP contribution >= 0.6 is 11.3 Å². The molecule has 0 fully saturated rings. The molecule has 0 aliphatic carbocycles. The quantitative estimate of drug-likeness (QED) is 0.820. The summed E-state index contributed by atoms with van der Waals surface area (Å²) < 4.78 is 23.4. The summed E-state index contributed by atoms with van der Waals surface area (Å²) in [5.41, 5.74) is 0.822. The molecule has 0 aliphatic heterocycles. The SMILES string of the molecule is Cc1nc(CNC(=O)CCN(C)S(C)(=O)=O)cs1. The molecule has 0 unspecified atom stereocenters. The molecule has 8 heteroatoms. The Balaban J connectivity index is 2.30. The normalized spacial score (nSPS) is 11.8. The van der Waals surface area contributed by atoms with Gasteiger partial charge in [-0.15, -0.1) is 11.3 Å². The van der Waals surface area contributed by atoms with Gasteiger partial charge in [0.15, 0.2) is 0 Å². The number of nitrogens with zero attached hydrogens (tertiary/aromatic N) is 2. The third-order valence-electron chi connectivity index (χ3n) is 2.35. The molecule has 1 aromatic rings. The molecular formula is C10H17N3O3S2. The maximum atomic E-state index is 11.5. The van der Waals surface area contributed by atoms with Crippen LogP contribution in [-0.2, 0) is 21.4 Å². The van der Waals surface area contributed by atoms with Crippen LogP contribution in [0.2, 0.25) is 0 Å². The van der Waals surface area contributed by atoms with Crippen molar-refractivity contribution in [3.05, 3.63) is 16.1 Å². The fraction of sp³-hybridized carbons (Fsp3) is 0.600. The highest BCUT2D eigenvalue weighted by Gasteiger charge is 2.12. The van der Waals surface area contributed by atoms with E-state index in [9.17, 15) is 13.2 Å². The van der Waals surface area contributed by atoms with Gasteiger partial charge in [-0.25, -0.2) is 17.7 Å². The van der Waals surface area contributed by atoms with E-state index in [1.807, 2.05) is 12.3 Å². The zero-order valence-corrected chi connectivity index (χ0v) is 12.3. The van der Waals surface area contributed by atoms with Gasteiger partial charge in [0.25, 0.3) is 0 Å². The van der Waals surface area contributed by atoms with Crippen molar-refractivity contribution in [2.75, 3.05) is 19.8 Å². The zero-order valence-electron chi connectivity index (χ0n) is 10.6. The van der Waals surface area contributed by atoms with Crippen molar-refractivity contribution in [2.24, 2.45) is 0 Å². The third-order valence-corrected chi connectivity index (χ3v) is 4.49. The molecule has 18 heavy (non-hydrogen) atoms. The number of thiazole rings is 1. The first-order valence-corrected chi connectivity index (χ1v) is 8.11. The number of rotatable bonds is 6. The lowest BCUT2D eigenvalue weighted by atomic mass is 10.4. The first-order valence-electron chi connectivity index (χ1n) is 5.38. The van der Waals surface area contributed by atoms with Crippen molar-refractivity contribution in [1.29, 1.82) is 0 Å². The molecule has 1 amide bonds. The largest absolute Gasteiger partial charge is 0.350 e. The van der Waals surface area contributed by atoms with E-state index in [1.165, 1.54) is 18.4 Å². The predicted octanol–water partition coefficient (Wildman–Crippen LogP) is 0.349. The molecule has 1 aromatic heterocycles. The summed E-state index contributed by atoms with van der Waals surface area (Å²) in [7, 11) is -1.77. The number of aryl methyl sites for hydroxylation is 1. The molecule has 102 valence electrons. The van der Waals surface area contributed by atoms with Gasteiger partial charge in [0.1, 0.15) is 0 Å². The van der Waals surface area contributed by atoms with Gasteiger partial charge in [-0.3, -0.25) is 4.79 Å². The third kappa shape index (κ3) is 5.11. The van der Waals surface area contributed by atoms with E-state index in [0.717, 1.165) is 21.3 Å². The number of sulfonamides is 1. The molecule has 0 aliphatic rings. The Kier molecular flexibility index (Phi) is 5.24. The van der Waals surface area contributed by atoms with Crippen LogP contribution in [0.4, 0.5) is 0 Å². The summed E-state index contributed by atoms with van der Waals surface area (Å²) in [6.07, 6.45) is 1.26. The summed E-state index contributed by atoms with van der Waals surface area (Å²) in [6.45, 7) is 2.46. The van der Waals surface area contributed by atoms with Crippen molar-refractivity contribution in [1.82, 2.24) is 14.6 Å². The van der Waals surface area contributed by atoms with Crippen molar-refractivity contribution in [3.8, 4) is 0 Å². The summed E-state index contributed by atoms with van der Waals surface area (Å²) in [5, 5.41) is 5.54. The van der Waals surface area contributed by atoms with E-state index in [4.69, 9.17) is 0 Å². The fourth-order valence-corrected chi connectivity index (χ4v) is 2.23. The summed E-state index contributed by atoms with van der Waals surface area (Å²) in [6, 6.07) is 0. The summed E-state index contributed by atoms with van der Waals surface area (Å²) >= 11 is 1.53. The van der Waals surface area contributed by atoms with E-state index in [1.54, 1.807) is 0 Å². The average molecular weight is 291 g/mol. The van der Waals surface area contributed by atoms with Gasteiger partial charge >= 0.3 is 0 Å². The number of amides is 1. The van der Waals surface area contributed by atoms with Crippen LogP contribution in [0.25, 0.3) is 0 Å². The van der Waals surface area contributed by atoms with Gasteiger partial charge in [0.05, 0.1) is 23.5 Å². The molecule has 0 saturated carbocycles. The molecule has 6 nitrogen and oxygen atoms in total. The lowest BCUT2D eigenvalue weighted by Crippen LogP contribution is -2.31. The Labute approximate surface area is 111 Å². The van der Waals surface area contributed by atoms with E-state index >= 15 is 0 Å². The number of nitrogens with one attached hydrogen (secondary N) is 1. The molecule has 0 saturated heterocycles. The minimum atomic E-state index is -3.22. The van der Waals surface area contributed by atoms with E-state index < -0.39 is 10.0 Å². The minimum absolute atomic E-state index is 0.146. The Morgan fingerprint density at radius 3 is 2.72 bits per heavy atom. The predicted molar refractivity (Wildman–Crippen MR) is 70.8 cm³/mol. The number of hydrogen-bond acceptors (Lipinski definition) is 5. The van der Waals surface area contributed by atoms with Crippen LogP contribution < -0.4 is 5.32 Å². The highest BCUT2D eigenvalue weighted by Crippen LogP contribution is 2.07. The van der Waals surface area contributed by atoms with Gasteiger partial charge in [0, 0.05) is 25.4 Å². The minimum Gasteiger partial charge on any atom is -0.350 e. The van der Waals surface area contributed by atoms with Gasteiger partial charge in [-0.2, -0.15) is 0 Å². The van der Waals surface area contributed by atoms with Gasteiger partial charge < -0.3 is 5.32 Å². The maximum Gasteiger partial charge on any atom is 0.221 e. The number of carbonyl (C=O) groups is 1. The second-order valence-electron chi connectivity index (χ2n) is 3.97. The standard InChI is InChI=1S/C10H17N3O3S2/c1-8-12-9(7-17-8)6-11-10(14)4-5-13(2)18(3,15)16/h7H,4-6H2,1-3H3,(H,11,14). The Morgan fingerprint density at radius 1 is 1.56 bits per heavy atom. The first-order chi connectivity index (χ1) is 8.29. The molecular weight excluding hydrogens is 274 g/mol. The van der Waals surface area contributed by atoms with E-state index in [2.05, 4.69) is 10.3 Å². The van der Waals surface area contributed by atoms with Crippen LogP contribution in [0.1, 0.15) is 17.1 Å². The Bertz CT molecular complexity index is 510. The number of carbonyl (C=O) groups excluding carboxylic acids is 1. The monoisotopic (exact) mass is 291 g/mol. The van der Waals surface area contributed by atoms with E-state index in [0.29, 0.717) is 6.54 Å². The summed E-state index contributed by atoms with van der Waals surface area (Å²) in [4.78, 5) is 15.7. The molecule has 1 rings (SSSR count). The molecule has 0 radical (unpaired) electrons. The van der Waals surface area contributed by atoms with Crippen molar-refractivity contribution >= 4 is 27.3 Å². The van der Waals surface area contributed by atoms with Crippen LogP contribution in [0, 0.1) is 6.92 Å². The maximum absolute atomic E-state index is 11.5. The second kappa shape index (κ2) is 6.26. The van der Waals surface area contributed by atoms with Crippen molar-refractivity contribution < 1.29 is 13.2 Å². The number of aromatic nitrogens is 1. The van der Waals surface area contributed by atoms with Crippen LogP contribution in [0.5, 0.6) is 0 Å². The van der Waals surface area contributed by atoms with Crippen molar-refractivity contribution in [2.45, 2.75) is 19.9 Å². The Morgan fingerprint density at radius 2 is 2.22 bits per heavy atom. The Hall–Kier alpha value is -0.990. The molecule has 1 heterocycles. The first kappa shape index (κ1) is 15.1. The van der Waals surface area contributed by atoms with Crippen LogP contribution in [0.3, 0.4) is 0 Å². The molecule has 0 bridgehead atoms. The van der Waals surface area contributed by atoms with Crippen molar-refractivity contribution in [3.63, 3.8) is 0 Å². The zero-order chi connectivity index (χ0) is 13.8. The molecule has 0 atom stereocenters. The summed E-state index contributed by atoms with van der Waals surface area (Å²) in [5.74, 6) is -0.184.